The Labute approximate surface area is 335 Å². The van der Waals surface area contributed by atoms with E-state index in [1.165, 1.54) is 18.2 Å². The zero-order chi connectivity index (χ0) is 39.3. The molecule has 0 unspecified atom stereocenters. The summed E-state index contributed by atoms with van der Waals surface area (Å²) in [6, 6.07) is 15.5. The molecule has 2 aliphatic rings. The molecule has 0 atom stereocenters. The number of rotatable bonds is 6. The van der Waals surface area contributed by atoms with Gasteiger partial charge in [-0.25, -0.2) is 15.2 Å². The molecule has 0 saturated carbocycles. The molecule has 0 fully saturated rings. The van der Waals surface area contributed by atoms with Gasteiger partial charge in [-0.2, -0.15) is 25.3 Å². The Kier molecular flexibility index (Phi) is 9.33. The molecule has 57 heavy (non-hydrogen) atoms. The topological polar surface area (TPSA) is 307 Å². The molecule has 20 nitrogen and oxygen atoms in total. The second-order valence-electron chi connectivity index (χ2n) is 12.0. The van der Waals surface area contributed by atoms with E-state index >= 15 is 0 Å². The molecule has 5 heterocycles. The minimum atomic E-state index is -4.73. The van der Waals surface area contributed by atoms with Crippen molar-refractivity contribution in [3.05, 3.63) is 72.8 Å². The van der Waals surface area contributed by atoms with Gasteiger partial charge < -0.3 is 29.9 Å². The van der Waals surface area contributed by atoms with E-state index in [1.807, 2.05) is 0 Å². The van der Waals surface area contributed by atoms with E-state index in [1.54, 1.807) is 18.2 Å². The number of benzene rings is 4. The first-order valence-electron chi connectivity index (χ1n) is 15.4. The molecule has 8 bridgehead atoms. The molecule has 0 aliphatic carbocycles. The summed E-state index contributed by atoms with van der Waals surface area (Å²) in [6.45, 7) is 0. The van der Waals surface area contributed by atoms with Gasteiger partial charge in [-0.1, -0.05) is 29.3 Å². The van der Waals surface area contributed by atoms with Crippen molar-refractivity contribution >= 4 is 86.5 Å². The number of hydrogen-bond donors (Lipinski definition) is 4. The minimum absolute atomic E-state index is 0. The van der Waals surface area contributed by atoms with E-state index in [0.29, 0.717) is 27.7 Å². The predicted octanol–water partition coefficient (Wildman–Crippen LogP) is 4.29. The van der Waals surface area contributed by atoms with Gasteiger partial charge in [0.25, 0.3) is 30.4 Å². The minimum Gasteiger partial charge on any atom is -0.357 e. The van der Waals surface area contributed by atoms with Gasteiger partial charge in [0.05, 0.1) is 50.0 Å². The summed E-state index contributed by atoms with van der Waals surface area (Å²) >= 11 is 0.652. The van der Waals surface area contributed by atoms with E-state index in [2.05, 4.69) is 44.3 Å². The van der Waals surface area contributed by atoms with Crippen LogP contribution in [0.3, 0.4) is 0 Å². The molecule has 0 radical (unpaired) electrons. The second kappa shape index (κ2) is 13.7. The Hall–Kier alpha value is -5.18. The Morgan fingerprint density at radius 3 is 1.32 bits per heavy atom. The fourth-order valence-electron chi connectivity index (χ4n) is 6.17. The normalized spacial score (nSPS) is 12.7. The Morgan fingerprint density at radius 1 is 0.474 bits per heavy atom. The van der Waals surface area contributed by atoms with Crippen LogP contribution in [0.25, 0.3) is 89.7 Å². The van der Waals surface area contributed by atoms with Gasteiger partial charge in [0.1, 0.15) is 0 Å². The molecule has 7 aromatic rings. The Bertz CT molecular complexity index is 3380. The first-order chi connectivity index (χ1) is 26.5. The average molecular weight is 898 g/mol. The van der Waals surface area contributed by atoms with Crippen LogP contribution in [-0.2, 0) is 59.2 Å². The maximum absolute atomic E-state index is 12.2. The van der Waals surface area contributed by atoms with Gasteiger partial charge in [-0.3, -0.25) is 13.7 Å². The quantitative estimate of drug-likeness (QED) is 0.0594. The van der Waals surface area contributed by atoms with Crippen molar-refractivity contribution in [1.29, 1.82) is 0 Å². The van der Waals surface area contributed by atoms with Gasteiger partial charge in [-0.05, 0) is 70.1 Å². The van der Waals surface area contributed by atoms with Crippen LogP contribution < -0.4 is 9.97 Å². The molecule has 0 spiro atoms. The van der Waals surface area contributed by atoms with Gasteiger partial charge in [0.15, 0.2) is 0 Å². The van der Waals surface area contributed by atoms with Gasteiger partial charge in [0, 0.05) is 49.7 Å². The van der Waals surface area contributed by atoms with E-state index in [-0.39, 0.29) is 98.4 Å². The zero-order valence-electron chi connectivity index (χ0n) is 27.9. The van der Waals surface area contributed by atoms with Crippen LogP contribution in [0.4, 0.5) is 0 Å². The summed E-state index contributed by atoms with van der Waals surface area (Å²) in [5, 5.41) is 13.5. The van der Waals surface area contributed by atoms with Crippen LogP contribution in [0.15, 0.2) is 92.4 Å². The largest absolute Gasteiger partial charge is 2.00 e. The van der Waals surface area contributed by atoms with Gasteiger partial charge in [0.2, 0.25) is 0 Å². The van der Waals surface area contributed by atoms with E-state index in [9.17, 15) is 38.9 Å². The summed E-state index contributed by atoms with van der Waals surface area (Å²) in [5.74, 6) is -0.316. The monoisotopic (exact) mass is 896 g/mol. The summed E-state index contributed by atoms with van der Waals surface area (Å²) in [4.78, 5) is 35.8. The Balaban J connectivity index is 0.00000455. The van der Waals surface area contributed by atoms with Crippen molar-refractivity contribution in [3.8, 4) is 45.6 Å². The van der Waals surface area contributed by atoms with Crippen molar-refractivity contribution in [1.82, 2.24) is 39.9 Å². The Morgan fingerprint density at radius 2 is 0.860 bits per heavy atom. The average Bonchev–Trinajstić information content (AvgIpc) is 3.87. The number of aromatic nitrogens is 8. The van der Waals surface area contributed by atoms with Crippen LogP contribution in [0, 0.1) is 0 Å². The first-order valence-corrected chi connectivity index (χ1v) is 20.5. The summed E-state index contributed by atoms with van der Waals surface area (Å²) in [6.07, 6.45) is 0. The van der Waals surface area contributed by atoms with Crippen LogP contribution >= 0.6 is 12.0 Å². The SMILES string of the molecule is O=S(=O)(O)c1ccc2c(c1)-c1nc-2nc2[n-]c(nc3nc(nc4[n-]c(n1)c1ccc(SOOO)cc41)-c1ccc(S(=O)(=O)O)cc1-3)c1ccc(S(=O)(=O)O)cc21.[Zn+2]. The third-order valence-electron chi connectivity index (χ3n) is 8.64. The third-order valence-corrected chi connectivity index (χ3v) is 11.8. The fraction of sp³-hybridized carbons (Fsp3) is 0. The van der Waals surface area contributed by atoms with Crippen molar-refractivity contribution in [2.75, 3.05) is 0 Å². The van der Waals surface area contributed by atoms with E-state index < -0.39 is 45.0 Å². The molecule has 2 aliphatic heterocycles. The van der Waals surface area contributed by atoms with Crippen molar-refractivity contribution in [2.45, 2.75) is 19.6 Å². The number of fused-ring (bicyclic) bond motifs is 20. The van der Waals surface area contributed by atoms with Crippen LogP contribution in [-0.4, -0.2) is 74.1 Å². The molecular formula is C32H16N8O12S4Zn. The molecule has 282 valence electrons. The fourth-order valence-corrected chi connectivity index (χ4v) is 8.09. The number of hydrogen-bond acceptors (Lipinski definition) is 16. The van der Waals surface area contributed by atoms with E-state index in [4.69, 9.17) is 10.2 Å². The standard InChI is InChI=1S/C32H16N8O12S4.Zn/c41-51-52-53-13-1-5-17-21(9-13)29-33-25(17)35-30-23-11-15(55(45,46)47)3-7-19(23)27(37-30)39-32-24-12-16(56(48,49)50)4-8-20(24)28(40-32)38-31-22-10-14(54(42,43)44)2-6-18(22)26(34-29)36-31;/h1-12H,(H4-2,33,34,35,36,37,38,39,40,41,42,43,44,45,46,47,48,49,50);/q-2;+2. The maximum Gasteiger partial charge on any atom is 2.00 e. The van der Waals surface area contributed by atoms with E-state index in [0.717, 1.165) is 36.4 Å². The molecule has 4 aromatic carbocycles. The second-order valence-corrected chi connectivity index (χ2v) is 17.0. The van der Waals surface area contributed by atoms with Crippen LogP contribution in [0.5, 0.6) is 0 Å². The van der Waals surface area contributed by atoms with Crippen LogP contribution in [0.2, 0.25) is 0 Å². The first kappa shape index (κ1) is 38.7. The van der Waals surface area contributed by atoms with Crippen molar-refractivity contribution in [2.24, 2.45) is 0 Å². The summed E-state index contributed by atoms with van der Waals surface area (Å²) in [7, 11) is -14.1. The number of nitrogens with zero attached hydrogens (tertiary/aromatic N) is 8. The molecule has 4 N–H and O–H groups in total. The molecule has 0 saturated heterocycles. The zero-order valence-corrected chi connectivity index (χ0v) is 34.1. The molecule has 0 amide bonds. The molecular weight excluding hydrogens is 882 g/mol. The summed E-state index contributed by atoms with van der Waals surface area (Å²) < 4.78 is 107. The molecule has 3 aromatic heterocycles. The van der Waals surface area contributed by atoms with Crippen LogP contribution in [0.1, 0.15) is 0 Å². The molecule has 25 heteroatoms. The van der Waals surface area contributed by atoms with Gasteiger partial charge >= 0.3 is 19.5 Å². The predicted molar refractivity (Wildman–Crippen MR) is 194 cm³/mol. The smallest absolute Gasteiger partial charge is 0.357 e. The van der Waals surface area contributed by atoms with Crippen molar-refractivity contribution < 1.29 is 73.0 Å². The molecule has 9 rings (SSSR count). The summed E-state index contributed by atoms with van der Waals surface area (Å²) in [5.41, 5.74) is 0.526. The van der Waals surface area contributed by atoms with Gasteiger partial charge in [-0.15, -0.1) is 4.33 Å². The third kappa shape index (κ3) is 6.87. The maximum atomic E-state index is 12.2. The van der Waals surface area contributed by atoms with Crippen molar-refractivity contribution in [3.63, 3.8) is 0 Å².